The predicted molar refractivity (Wildman–Crippen MR) is 134 cm³/mol. The molecule has 3 atom stereocenters. The molecule has 0 bridgehead atoms. The molecule has 0 unspecified atom stereocenters. The SMILES string of the molecule is CC(C)(C)[Si](C)(C)OC[C@H]1O[C@@H](n2cc(C(N)=O)c(=O)[nH]c2=O)C[C@@H]1O[Si](C)(C)C(C)(C)C. The Morgan fingerprint density at radius 1 is 1.12 bits per heavy atom. The molecule has 188 valence electrons. The molecule has 1 saturated heterocycles. The first kappa shape index (κ1) is 27.7. The molecule has 2 heterocycles. The van der Waals surface area contributed by atoms with E-state index in [0.717, 1.165) is 0 Å². The third kappa shape index (κ3) is 6.13. The molecule has 3 N–H and O–H groups in total. The van der Waals surface area contributed by atoms with Crippen LogP contribution in [0.1, 0.15) is 64.5 Å². The minimum absolute atomic E-state index is 0.0100. The van der Waals surface area contributed by atoms with E-state index in [-0.39, 0.29) is 21.7 Å². The fraction of sp³-hybridized carbons (Fsp3) is 0.773. The fourth-order valence-electron chi connectivity index (χ4n) is 3.08. The lowest BCUT2D eigenvalue weighted by atomic mass is 10.2. The average molecular weight is 500 g/mol. The smallest absolute Gasteiger partial charge is 0.330 e. The molecule has 0 spiro atoms. The van der Waals surface area contributed by atoms with Gasteiger partial charge in [0, 0.05) is 12.6 Å². The first-order valence-corrected chi connectivity index (χ1v) is 17.2. The van der Waals surface area contributed by atoms with Crippen LogP contribution in [0.3, 0.4) is 0 Å². The van der Waals surface area contributed by atoms with E-state index in [2.05, 4.69) is 72.7 Å². The van der Waals surface area contributed by atoms with Gasteiger partial charge in [-0.25, -0.2) is 4.79 Å². The number of aromatic amines is 1. The Kier molecular flexibility index (Phi) is 7.77. The molecule has 9 nitrogen and oxygen atoms in total. The van der Waals surface area contributed by atoms with E-state index >= 15 is 0 Å². The summed E-state index contributed by atoms with van der Waals surface area (Å²) in [4.78, 5) is 38.3. The van der Waals surface area contributed by atoms with Crippen molar-refractivity contribution in [2.75, 3.05) is 6.61 Å². The van der Waals surface area contributed by atoms with Crippen molar-refractivity contribution in [2.24, 2.45) is 5.73 Å². The summed E-state index contributed by atoms with van der Waals surface area (Å²) in [5.74, 6) is -0.908. The van der Waals surface area contributed by atoms with Crippen LogP contribution >= 0.6 is 0 Å². The maximum atomic E-state index is 12.5. The van der Waals surface area contributed by atoms with Crippen LogP contribution in [0.4, 0.5) is 0 Å². The number of hydrogen-bond donors (Lipinski definition) is 2. The molecule has 33 heavy (non-hydrogen) atoms. The largest absolute Gasteiger partial charge is 0.414 e. The van der Waals surface area contributed by atoms with Crippen molar-refractivity contribution in [2.45, 2.75) is 103 Å². The quantitative estimate of drug-likeness (QED) is 0.554. The van der Waals surface area contributed by atoms with Crippen LogP contribution in [0.5, 0.6) is 0 Å². The van der Waals surface area contributed by atoms with Crippen LogP contribution in [-0.2, 0) is 13.6 Å². The number of nitrogens with zero attached hydrogens (tertiary/aromatic N) is 1. The highest BCUT2D eigenvalue weighted by Crippen LogP contribution is 2.42. The van der Waals surface area contributed by atoms with Gasteiger partial charge in [0.15, 0.2) is 16.6 Å². The maximum Gasteiger partial charge on any atom is 0.330 e. The summed E-state index contributed by atoms with van der Waals surface area (Å²) in [7, 11) is -4.19. The summed E-state index contributed by atoms with van der Waals surface area (Å²) in [6.07, 6.45) is 0.164. The minimum atomic E-state index is -2.15. The van der Waals surface area contributed by atoms with Gasteiger partial charge in [0.2, 0.25) is 0 Å². The zero-order valence-corrected chi connectivity index (χ0v) is 23.7. The number of ether oxygens (including phenoxy) is 1. The fourth-order valence-corrected chi connectivity index (χ4v) is 5.45. The Morgan fingerprint density at radius 3 is 2.15 bits per heavy atom. The Morgan fingerprint density at radius 2 is 1.67 bits per heavy atom. The maximum absolute atomic E-state index is 12.5. The first-order chi connectivity index (χ1) is 14.8. The van der Waals surface area contributed by atoms with Crippen LogP contribution in [0.25, 0.3) is 0 Å². The number of nitrogens with two attached hydrogens (primary N) is 1. The number of amides is 1. The standard InChI is InChI=1S/C22H41N3O6Si2/c1-21(2,3)32(7,8)29-13-16-15(31-33(9,10)22(4,5)6)11-17(30-16)25-12-14(18(23)26)19(27)24-20(25)28/h12,15-17H,11,13H2,1-10H3,(H2,23,26)(H,24,27,28)/t15-,16+,17+/m0/s1. The van der Waals surface area contributed by atoms with Crippen LogP contribution in [-0.4, -0.2) is 50.9 Å². The predicted octanol–water partition coefficient (Wildman–Crippen LogP) is 3.34. The van der Waals surface area contributed by atoms with E-state index in [1.807, 2.05) is 0 Å². The Labute approximate surface area is 198 Å². The highest BCUT2D eigenvalue weighted by Gasteiger charge is 2.46. The van der Waals surface area contributed by atoms with E-state index in [1.54, 1.807) is 0 Å². The lowest BCUT2D eigenvalue weighted by Crippen LogP contribution is -2.48. The number of primary amides is 1. The van der Waals surface area contributed by atoms with Gasteiger partial charge >= 0.3 is 5.69 Å². The van der Waals surface area contributed by atoms with Crippen molar-refractivity contribution in [3.05, 3.63) is 32.6 Å². The Balaban J connectivity index is 2.39. The summed E-state index contributed by atoms with van der Waals surface area (Å²) in [5.41, 5.74) is 3.54. The van der Waals surface area contributed by atoms with Crippen molar-refractivity contribution in [3.8, 4) is 0 Å². The van der Waals surface area contributed by atoms with Gasteiger partial charge < -0.3 is 19.3 Å². The molecule has 1 aromatic heterocycles. The molecule has 0 radical (unpaired) electrons. The number of rotatable bonds is 7. The van der Waals surface area contributed by atoms with Crippen LogP contribution in [0.15, 0.2) is 15.8 Å². The average Bonchev–Trinajstić information content (AvgIpc) is 2.99. The summed E-state index contributed by atoms with van der Waals surface area (Å²) in [6, 6.07) is 0. The van der Waals surface area contributed by atoms with Crippen molar-refractivity contribution < 1.29 is 18.4 Å². The highest BCUT2D eigenvalue weighted by molar-refractivity contribution is 6.74. The molecule has 0 aliphatic carbocycles. The molecule has 1 fully saturated rings. The number of carbonyl (C=O) groups excluding carboxylic acids is 1. The number of H-pyrrole nitrogens is 1. The summed E-state index contributed by atoms with van der Waals surface area (Å²) in [6.45, 7) is 22.0. The second-order valence-electron chi connectivity index (χ2n) is 11.9. The number of aromatic nitrogens is 2. The molecule has 1 aliphatic heterocycles. The van der Waals surface area contributed by atoms with Crippen molar-refractivity contribution in [1.82, 2.24) is 9.55 Å². The van der Waals surface area contributed by atoms with Gasteiger partial charge in [-0.2, -0.15) is 0 Å². The van der Waals surface area contributed by atoms with Gasteiger partial charge in [0.05, 0.1) is 12.7 Å². The van der Waals surface area contributed by atoms with Crippen molar-refractivity contribution >= 4 is 22.5 Å². The normalized spacial score (nSPS) is 22.5. The molecule has 1 aliphatic rings. The van der Waals surface area contributed by atoms with Gasteiger partial charge in [-0.1, -0.05) is 41.5 Å². The number of nitrogens with one attached hydrogen (secondary N) is 1. The highest BCUT2D eigenvalue weighted by atomic mass is 28.4. The summed E-state index contributed by atoms with van der Waals surface area (Å²) < 4.78 is 20.6. The number of carbonyl (C=O) groups is 1. The zero-order valence-electron chi connectivity index (χ0n) is 21.7. The number of hydrogen-bond acceptors (Lipinski definition) is 6. The van der Waals surface area contributed by atoms with E-state index in [0.29, 0.717) is 13.0 Å². The van der Waals surface area contributed by atoms with Gasteiger partial charge in [-0.05, 0) is 36.3 Å². The minimum Gasteiger partial charge on any atom is -0.414 e. The lowest BCUT2D eigenvalue weighted by molar-refractivity contribution is -0.0412. The topological polar surface area (TPSA) is 126 Å². The summed E-state index contributed by atoms with van der Waals surface area (Å²) in [5, 5.41) is 0.0247. The van der Waals surface area contributed by atoms with E-state index in [1.165, 1.54) is 10.8 Å². The van der Waals surface area contributed by atoms with E-state index in [4.69, 9.17) is 19.3 Å². The first-order valence-electron chi connectivity index (χ1n) is 11.4. The molecular formula is C22H41N3O6Si2. The molecule has 2 rings (SSSR count). The van der Waals surface area contributed by atoms with Gasteiger partial charge in [0.25, 0.3) is 11.5 Å². The van der Waals surface area contributed by atoms with Gasteiger partial charge in [-0.15, -0.1) is 0 Å². The summed E-state index contributed by atoms with van der Waals surface area (Å²) >= 11 is 0. The third-order valence-corrected chi connectivity index (χ3v) is 16.4. The van der Waals surface area contributed by atoms with Crippen LogP contribution < -0.4 is 17.0 Å². The second kappa shape index (κ2) is 9.25. The molecule has 0 aromatic carbocycles. The molecule has 0 saturated carbocycles. The second-order valence-corrected chi connectivity index (χ2v) is 21.5. The molecular weight excluding hydrogens is 458 g/mol. The molecule has 1 amide bonds. The molecule has 1 aromatic rings. The zero-order chi connectivity index (χ0) is 25.6. The van der Waals surface area contributed by atoms with Crippen molar-refractivity contribution in [1.29, 1.82) is 0 Å². The monoisotopic (exact) mass is 499 g/mol. The van der Waals surface area contributed by atoms with Crippen LogP contribution in [0, 0.1) is 0 Å². The van der Waals surface area contributed by atoms with Crippen molar-refractivity contribution in [3.63, 3.8) is 0 Å². The Bertz CT molecular complexity index is 988. The van der Waals surface area contributed by atoms with Gasteiger partial charge in [0.1, 0.15) is 17.9 Å². The van der Waals surface area contributed by atoms with E-state index < -0.39 is 46.1 Å². The van der Waals surface area contributed by atoms with E-state index in [9.17, 15) is 14.4 Å². The van der Waals surface area contributed by atoms with Gasteiger partial charge in [-0.3, -0.25) is 19.1 Å². The Hall–Kier alpha value is -1.54. The van der Waals surface area contributed by atoms with Crippen LogP contribution in [0.2, 0.25) is 36.3 Å². The lowest BCUT2D eigenvalue weighted by Gasteiger charge is -2.40. The third-order valence-electron chi connectivity index (χ3n) is 7.39. The molecule has 11 heteroatoms.